The molecule has 1 aliphatic carbocycles. The first-order valence-corrected chi connectivity index (χ1v) is 18.1. The molecule has 0 spiro atoms. The molecule has 0 bridgehead atoms. The van der Waals surface area contributed by atoms with Crippen LogP contribution in [-0.4, -0.2) is 48.0 Å². The number of allylic oxidation sites excluding steroid dienone is 2. The molecule has 2 fully saturated rings. The molecular weight excluding hydrogens is 832 g/mol. The molecule has 18 heteroatoms. The molecule has 5 aromatic rings. The van der Waals surface area contributed by atoms with E-state index in [2.05, 4.69) is 26.3 Å². The van der Waals surface area contributed by atoms with Crippen LogP contribution < -0.4 is 21.5 Å². The van der Waals surface area contributed by atoms with E-state index < -0.39 is 69.1 Å². The smallest absolute Gasteiger partial charge is 0.417 e. The van der Waals surface area contributed by atoms with Gasteiger partial charge in [-0.2, -0.15) is 18.2 Å². The molecule has 3 aliphatic rings. The van der Waals surface area contributed by atoms with Gasteiger partial charge in [0, 0.05) is 27.2 Å². The van der Waals surface area contributed by atoms with Crippen LogP contribution in [0.15, 0.2) is 105 Å². The molecule has 12 nitrogen and oxygen atoms in total. The number of methoxy groups -OCH3 is 1. The van der Waals surface area contributed by atoms with Gasteiger partial charge in [0.15, 0.2) is 17.3 Å². The number of para-hydroxylation sites is 1. The van der Waals surface area contributed by atoms with E-state index in [1.54, 1.807) is 54.6 Å². The Hall–Kier alpha value is -5.32. The van der Waals surface area contributed by atoms with E-state index in [1.807, 2.05) is 0 Å². The number of hydrogen-bond donors (Lipinski definition) is 2. The van der Waals surface area contributed by atoms with E-state index in [0.29, 0.717) is 43.6 Å². The number of carbonyl (C=O) groups is 2. The predicted molar refractivity (Wildman–Crippen MR) is 197 cm³/mol. The van der Waals surface area contributed by atoms with Crippen molar-refractivity contribution in [2.45, 2.75) is 36.5 Å². The predicted octanol–water partition coefficient (Wildman–Crippen LogP) is 6.62. The number of pyridine rings is 1. The van der Waals surface area contributed by atoms with E-state index in [4.69, 9.17) is 27.9 Å². The van der Waals surface area contributed by atoms with Crippen LogP contribution in [0.25, 0.3) is 5.69 Å². The Morgan fingerprint density at radius 3 is 2.36 bits per heavy atom. The molecule has 1 saturated carbocycles. The summed E-state index contributed by atoms with van der Waals surface area (Å²) in [6, 6.07) is 17.2. The fourth-order valence-corrected chi connectivity index (χ4v) is 8.95. The lowest BCUT2D eigenvalue weighted by Gasteiger charge is -2.49. The number of aromatic hydroxyl groups is 1. The van der Waals surface area contributed by atoms with Gasteiger partial charge in [-0.1, -0.05) is 75.5 Å². The van der Waals surface area contributed by atoms with Gasteiger partial charge in [-0.3, -0.25) is 15.0 Å². The highest BCUT2D eigenvalue weighted by Crippen LogP contribution is 2.63. The zero-order chi connectivity index (χ0) is 39.1. The summed E-state index contributed by atoms with van der Waals surface area (Å²) in [5.74, 6) is -4.98. The number of nitrogens with one attached hydrogen (secondary N) is 1. The van der Waals surface area contributed by atoms with Gasteiger partial charge in [0.2, 0.25) is 0 Å². The summed E-state index contributed by atoms with van der Waals surface area (Å²) in [7, 11) is 1.34. The fraction of sp³-hybridized carbons (Fsp3) is 0.216. The third kappa shape index (κ3) is 5.52. The van der Waals surface area contributed by atoms with Gasteiger partial charge in [0.1, 0.15) is 0 Å². The first-order valence-electron chi connectivity index (χ1n) is 16.6. The van der Waals surface area contributed by atoms with Crippen molar-refractivity contribution in [3.63, 3.8) is 0 Å². The summed E-state index contributed by atoms with van der Waals surface area (Å²) in [5, 5.41) is 12.3. The molecule has 4 unspecified atom stereocenters. The first-order chi connectivity index (χ1) is 26.2. The monoisotopic (exact) mass is 856 g/mol. The minimum absolute atomic E-state index is 0.0301. The lowest BCUT2D eigenvalue weighted by Crippen LogP contribution is -2.53. The number of nitrogens with zero attached hydrogens (tertiary/aromatic N) is 5. The third-order valence-corrected chi connectivity index (χ3v) is 11.4. The summed E-state index contributed by atoms with van der Waals surface area (Å²) in [4.78, 5) is 62.2. The van der Waals surface area contributed by atoms with Crippen LogP contribution >= 0.6 is 39.1 Å². The van der Waals surface area contributed by atoms with Crippen molar-refractivity contribution >= 4 is 56.8 Å². The Bertz CT molecular complexity index is 2580. The number of benzene rings is 3. The maximum Gasteiger partial charge on any atom is 0.417 e. The normalized spacial score (nSPS) is 21.8. The Balaban J connectivity index is 1.39. The molecule has 3 aromatic carbocycles. The van der Waals surface area contributed by atoms with Crippen molar-refractivity contribution in [2.75, 3.05) is 12.5 Å². The quantitative estimate of drug-likeness (QED) is 0.144. The number of hydrazine groups is 1. The number of halogens is 6. The second-order valence-corrected chi connectivity index (χ2v) is 14.9. The number of phenolic OH excluding ortho intramolecular Hbond substituents is 1. The number of alkyl halides is 3. The molecule has 4 atom stereocenters. The van der Waals surface area contributed by atoms with E-state index in [9.17, 15) is 32.7 Å². The Labute approximate surface area is 327 Å². The highest BCUT2D eigenvalue weighted by atomic mass is 79.9. The van der Waals surface area contributed by atoms with E-state index >= 15 is 4.79 Å². The molecule has 2 aromatic heterocycles. The Morgan fingerprint density at radius 2 is 1.71 bits per heavy atom. The van der Waals surface area contributed by atoms with Gasteiger partial charge in [-0.05, 0) is 60.0 Å². The van der Waals surface area contributed by atoms with Crippen molar-refractivity contribution in [3.8, 4) is 17.2 Å². The second-order valence-electron chi connectivity index (χ2n) is 13.2. The van der Waals surface area contributed by atoms with Crippen molar-refractivity contribution in [2.24, 2.45) is 5.92 Å². The van der Waals surface area contributed by atoms with E-state index in [1.165, 1.54) is 34.7 Å². The average Bonchev–Trinajstić information content (AvgIpc) is 3.54. The van der Waals surface area contributed by atoms with Crippen LogP contribution in [0.1, 0.15) is 35.1 Å². The van der Waals surface area contributed by atoms with E-state index in [0.717, 1.165) is 4.57 Å². The van der Waals surface area contributed by atoms with Gasteiger partial charge in [0.05, 0.1) is 47.3 Å². The summed E-state index contributed by atoms with van der Waals surface area (Å²) >= 11 is 16.0. The number of hydrogen-bond acceptors (Lipinski definition) is 8. The number of ether oxygens (including phenoxy) is 1. The molecule has 282 valence electrons. The zero-order valence-electron chi connectivity index (χ0n) is 28.2. The molecule has 2 amide bonds. The lowest BCUT2D eigenvalue weighted by molar-refractivity contribution is -0.139. The Morgan fingerprint density at radius 1 is 1.00 bits per heavy atom. The summed E-state index contributed by atoms with van der Waals surface area (Å²) < 4.78 is 49.9. The van der Waals surface area contributed by atoms with Crippen LogP contribution in [0.3, 0.4) is 0 Å². The van der Waals surface area contributed by atoms with Gasteiger partial charge < -0.3 is 9.84 Å². The van der Waals surface area contributed by atoms with E-state index in [-0.39, 0.29) is 30.0 Å². The molecule has 2 N–H and O–H groups in total. The SMILES string of the molecule is COc1cc(Br)cc(C2C3=CCn4c(=O)n(-c5ccccc5)c(=O)n4C3CC3C(=O)N(Nc4ncc(C(F)(F)F)cc4Cl)C(=O)C32c2ccc(Cl)cc2)c1O. The Kier molecular flexibility index (Phi) is 8.77. The number of rotatable bonds is 6. The fourth-order valence-electron chi connectivity index (χ4n) is 8.16. The van der Waals surface area contributed by atoms with Gasteiger partial charge in [-0.25, -0.2) is 28.5 Å². The van der Waals surface area contributed by atoms with Crippen molar-refractivity contribution in [1.29, 1.82) is 0 Å². The number of carbonyl (C=O) groups excluding carboxylic acids is 2. The van der Waals surface area contributed by atoms with Gasteiger partial charge in [0.25, 0.3) is 11.8 Å². The number of aromatic nitrogens is 4. The number of amides is 2. The van der Waals surface area contributed by atoms with Gasteiger partial charge >= 0.3 is 17.6 Å². The van der Waals surface area contributed by atoms with Crippen LogP contribution in [0.4, 0.5) is 19.0 Å². The molecular formula is C37H26BrCl2F3N6O6. The van der Waals surface area contributed by atoms with Crippen LogP contribution in [-0.2, 0) is 27.7 Å². The van der Waals surface area contributed by atoms with Crippen molar-refractivity contribution < 1.29 is 32.6 Å². The molecule has 0 radical (unpaired) electrons. The number of fused-ring (bicyclic) bond motifs is 4. The topological polar surface area (TPSA) is 141 Å². The largest absolute Gasteiger partial charge is 0.504 e. The van der Waals surface area contributed by atoms with Crippen LogP contribution in [0.5, 0.6) is 11.5 Å². The zero-order valence-corrected chi connectivity index (χ0v) is 31.3. The molecule has 1 saturated heterocycles. The lowest BCUT2D eigenvalue weighted by atomic mass is 9.53. The third-order valence-electron chi connectivity index (χ3n) is 10.4. The first kappa shape index (κ1) is 36.6. The molecule has 55 heavy (non-hydrogen) atoms. The van der Waals surface area contributed by atoms with Gasteiger partial charge in [-0.15, -0.1) is 0 Å². The maximum atomic E-state index is 15.3. The van der Waals surface area contributed by atoms with Crippen LogP contribution in [0.2, 0.25) is 10.0 Å². The molecule has 2 aliphatic heterocycles. The number of imide groups is 1. The average molecular weight is 858 g/mol. The highest BCUT2D eigenvalue weighted by Gasteiger charge is 2.69. The maximum absolute atomic E-state index is 15.3. The molecule has 8 rings (SSSR count). The minimum Gasteiger partial charge on any atom is -0.504 e. The minimum atomic E-state index is -4.77. The summed E-state index contributed by atoms with van der Waals surface area (Å²) in [5.41, 5.74) is -0.621. The van der Waals surface area contributed by atoms with Crippen molar-refractivity contribution in [1.82, 2.24) is 23.9 Å². The highest BCUT2D eigenvalue weighted by molar-refractivity contribution is 9.10. The van der Waals surface area contributed by atoms with Crippen LogP contribution in [0, 0.1) is 5.92 Å². The second kappa shape index (κ2) is 13.2. The number of anilines is 1. The number of phenols is 1. The summed E-state index contributed by atoms with van der Waals surface area (Å²) in [6.45, 7) is -0.112. The van der Waals surface area contributed by atoms with Crippen molar-refractivity contribution in [3.05, 3.63) is 143 Å². The standard InChI is InChI=1S/C37H26BrCl2F3N6O6/c1-55-28-15-20(38)14-24(30(28)50)29-23-11-12-46-34(53)47(22-5-3-2-4-6-22)35(54)49(46)27(23)16-25-32(51)48(33(52)36(25,29)18-7-9-21(39)10-8-18)45-31-26(40)13-19(17-44-31)37(41,42)43/h2-11,13-15,17,25,27,29,50H,12,16H2,1H3,(H,44,45). The molecule has 4 heterocycles. The summed E-state index contributed by atoms with van der Waals surface area (Å²) in [6.07, 6.45) is -2.76.